The maximum atomic E-state index is 12.2. The average molecular weight is 248 g/mol. The second kappa shape index (κ2) is 5.87. The summed E-state index contributed by atoms with van der Waals surface area (Å²) in [5, 5.41) is 6.25. The van der Waals surface area contributed by atoms with Crippen molar-refractivity contribution in [2.24, 2.45) is 5.92 Å². The van der Waals surface area contributed by atoms with Gasteiger partial charge < -0.3 is 15.4 Å². The summed E-state index contributed by atoms with van der Waals surface area (Å²) >= 11 is 0. The Morgan fingerprint density at radius 3 is 2.94 bits per heavy atom. The topological polar surface area (TPSA) is 50.4 Å². The van der Waals surface area contributed by atoms with E-state index in [0.717, 1.165) is 24.4 Å². The first kappa shape index (κ1) is 12.9. The Balaban J connectivity index is 2.06. The lowest BCUT2D eigenvalue weighted by atomic mass is 10.0. The van der Waals surface area contributed by atoms with Crippen molar-refractivity contribution in [2.45, 2.75) is 26.3 Å². The number of amides is 1. The molecule has 1 aliphatic heterocycles. The van der Waals surface area contributed by atoms with Gasteiger partial charge in [-0.25, -0.2) is 0 Å². The van der Waals surface area contributed by atoms with Gasteiger partial charge in [0.15, 0.2) is 0 Å². The molecule has 0 spiro atoms. The average Bonchev–Trinajstić information content (AvgIpc) is 2.78. The Kier molecular flexibility index (Phi) is 4.20. The smallest absolute Gasteiger partial charge is 0.229 e. The van der Waals surface area contributed by atoms with Crippen LogP contribution >= 0.6 is 0 Å². The van der Waals surface area contributed by atoms with Crippen LogP contribution in [-0.4, -0.2) is 25.1 Å². The van der Waals surface area contributed by atoms with Crippen LogP contribution in [0.1, 0.15) is 20.3 Å². The molecule has 1 fully saturated rings. The lowest BCUT2D eigenvalue weighted by molar-refractivity contribution is -0.120. The minimum atomic E-state index is 0.0414. The van der Waals surface area contributed by atoms with Gasteiger partial charge in [0, 0.05) is 6.04 Å². The number of hydrogen-bond acceptors (Lipinski definition) is 3. The highest BCUT2D eigenvalue weighted by molar-refractivity contribution is 5.94. The normalized spacial score (nSPS) is 22.8. The van der Waals surface area contributed by atoms with Crippen molar-refractivity contribution in [3.05, 3.63) is 24.3 Å². The Hall–Kier alpha value is -1.55. The van der Waals surface area contributed by atoms with E-state index in [1.165, 1.54) is 0 Å². The van der Waals surface area contributed by atoms with Gasteiger partial charge in [-0.05, 0) is 38.9 Å². The van der Waals surface area contributed by atoms with E-state index in [9.17, 15) is 4.79 Å². The standard InChI is InChI=1S/C14H20N2O2/c1-3-18-13-7-5-4-6-12(13)16-14(17)11-8-9-15-10(11)2/h4-7,10-11,15H,3,8-9H2,1-2H3,(H,16,17). The summed E-state index contributed by atoms with van der Waals surface area (Å²) in [6, 6.07) is 7.78. The second-order valence-electron chi connectivity index (χ2n) is 4.56. The maximum absolute atomic E-state index is 12.2. The Morgan fingerprint density at radius 1 is 1.50 bits per heavy atom. The molecule has 1 aliphatic rings. The first-order valence-electron chi connectivity index (χ1n) is 6.48. The van der Waals surface area contributed by atoms with Crippen LogP contribution in [0.25, 0.3) is 0 Å². The highest BCUT2D eigenvalue weighted by atomic mass is 16.5. The maximum Gasteiger partial charge on any atom is 0.229 e. The zero-order valence-corrected chi connectivity index (χ0v) is 10.9. The lowest BCUT2D eigenvalue weighted by Crippen LogP contribution is -2.32. The molecule has 2 rings (SSSR count). The van der Waals surface area contributed by atoms with Gasteiger partial charge in [0.05, 0.1) is 18.2 Å². The SMILES string of the molecule is CCOc1ccccc1NC(=O)C1CCNC1C. The van der Waals surface area contributed by atoms with Crippen LogP contribution in [0, 0.1) is 5.92 Å². The van der Waals surface area contributed by atoms with Gasteiger partial charge in [0.25, 0.3) is 0 Å². The first-order valence-corrected chi connectivity index (χ1v) is 6.48. The van der Waals surface area contributed by atoms with Crippen molar-refractivity contribution < 1.29 is 9.53 Å². The molecule has 0 aliphatic carbocycles. The molecule has 1 heterocycles. The van der Waals surface area contributed by atoms with Crippen LogP contribution in [-0.2, 0) is 4.79 Å². The van der Waals surface area contributed by atoms with E-state index in [1.54, 1.807) is 0 Å². The lowest BCUT2D eigenvalue weighted by Gasteiger charge is -2.16. The molecule has 1 amide bonds. The van der Waals surface area contributed by atoms with Crippen LogP contribution in [0.3, 0.4) is 0 Å². The van der Waals surface area contributed by atoms with Crippen molar-refractivity contribution in [1.82, 2.24) is 5.32 Å². The molecule has 1 saturated heterocycles. The largest absolute Gasteiger partial charge is 0.492 e. The summed E-state index contributed by atoms with van der Waals surface area (Å²) in [6.07, 6.45) is 0.893. The van der Waals surface area contributed by atoms with E-state index in [-0.39, 0.29) is 17.9 Å². The van der Waals surface area contributed by atoms with Crippen molar-refractivity contribution in [1.29, 1.82) is 0 Å². The molecule has 98 valence electrons. The number of hydrogen-bond donors (Lipinski definition) is 2. The van der Waals surface area contributed by atoms with Crippen LogP contribution < -0.4 is 15.4 Å². The molecular weight excluding hydrogens is 228 g/mol. The molecule has 0 aromatic heterocycles. The summed E-state index contributed by atoms with van der Waals surface area (Å²) in [5.41, 5.74) is 0.753. The molecule has 2 unspecified atom stereocenters. The summed E-state index contributed by atoms with van der Waals surface area (Å²) in [7, 11) is 0. The van der Waals surface area contributed by atoms with Gasteiger partial charge >= 0.3 is 0 Å². The molecule has 4 nitrogen and oxygen atoms in total. The predicted molar refractivity (Wildman–Crippen MR) is 71.8 cm³/mol. The van der Waals surface area contributed by atoms with Crippen LogP contribution in [0.15, 0.2) is 24.3 Å². The number of nitrogens with one attached hydrogen (secondary N) is 2. The van der Waals surface area contributed by atoms with Gasteiger partial charge in [-0.2, -0.15) is 0 Å². The fourth-order valence-electron chi connectivity index (χ4n) is 2.29. The highest BCUT2D eigenvalue weighted by Gasteiger charge is 2.29. The fourth-order valence-corrected chi connectivity index (χ4v) is 2.29. The molecular formula is C14H20N2O2. The molecule has 0 saturated carbocycles. The van der Waals surface area contributed by atoms with Crippen LogP contribution in [0.2, 0.25) is 0 Å². The minimum Gasteiger partial charge on any atom is -0.492 e. The van der Waals surface area contributed by atoms with Crippen molar-refractivity contribution in [2.75, 3.05) is 18.5 Å². The molecule has 1 aromatic carbocycles. The second-order valence-corrected chi connectivity index (χ2v) is 4.56. The zero-order valence-electron chi connectivity index (χ0n) is 10.9. The van der Waals surface area contributed by atoms with Crippen molar-refractivity contribution in [3.8, 4) is 5.75 Å². The Morgan fingerprint density at radius 2 is 2.28 bits per heavy atom. The Bertz CT molecular complexity index is 420. The van der Waals surface area contributed by atoms with Gasteiger partial charge in [-0.15, -0.1) is 0 Å². The third-order valence-electron chi connectivity index (χ3n) is 3.31. The number of benzene rings is 1. The van der Waals surface area contributed by atoms with Crippen LogP contribution in [0.4, 0.5) is 5.69 Å². The molecule has 2 N–H and O–H groups in total. The van der Waals surface area contributed by atoms with Crippen LogP contribution in [0.5, 0.6) is 5.75 Å². The highest BCUT2D eigenvalue weighted by Crippen LogP contribution is 2.25. The minimum absolute atomic E-state index is 0.0414. The van der Waals surface area contributed by atoms with E-state index < -0.39 is 0 Å². The van der Waals surface area contributed by atoms with Crippen molar-refractivity contribution >= 4 is 11.6 Å². The van der Waals surface area contributed by atoms with E-state index in [4.69, 9.17) is 4.74 Å². The van der Waals surface area contributed by atoms with E-state index in [2.05, 4.69) is 10.6 Å². The summed E-state index contributed by atoms with van der Waals surface area (Å²) < 4.78 is 5.50. The zero-order chi connectivity index (χ0) is 13.0. The third-order valence-corrected chi connectivity index (χ3v) is 3.31. The molecule has 1 aromatic rings. The third kappa shape index (κ3) is 2.82. The summed E-state index contributed by atoms with van der Waals surface area (Å²) in [6.45, 7) is 5.48. The number of carbonyl (C=O) groups is 1. The number of anilines is 1. The van der Waals surface area contributed by atoms with E-state index in [1.807, 2.05) is 38.1 Å². The number of carbonyl (C=O) groups excluding carboxylic acids is 1. The van der Waals surface area contributed by atoms with Gasteiger partial charge in [0.2, 0.25) is 5.91 Å². The number of para-hydroxylation sites is 2. The quantitative estimate of drug-likeness (QED) is 0.857. The van der Waals surface area contributed by atoms with Crippen molar-refractivity contribution in [3.63, 3.8) is 0 Å². The van der Waals surface area contributed by atoms with Gasteiger partial charge in [-0.3, -0.25) is 4.79 Å². The summed E-state index contributed by atoms with van der Waals surface area (Å²) in [5.74, 6) is 0.839. The molecule has 2 atom stereocenters. The van der Waals surface area contributed by atoms with E-state index >= 15 is 0 Å². The molecule has 18 heavy (non-hydrogen) atoms. The first-order chi connectivity index (χ1) is 8.72. The Labute approximate surface area is 108 Å². The molecule has 4 heteroatoms. The van der Waals surface area contributed by atoms with E-state index in [0.29, 0.717) is 6.61 Å². The predicted octanol–water partition coefficient (Wildman–Crippen LogP) is 2.02. The fraction of sp³-hybridized carbons (Fsp3) is 0.500. The number of ether oxygens (including phenoxy) is 1. The van der Waals surface area contributed by atoms with Gasteiger partial charge in [0.1, 0.15) is 5.75 Å². The molecule has 0 radical (unpaired) electrons. The van der Waals surface area contributed by atoms with Gasteiger partial charge in [-0.1, -0.05) is 12.1 Å². The molecule has 0 bridgehead atoms. The number of rotatable bonds is 4. The summed E-state index contributed by atoms with van der Waals surface area (Å²) in [4.78, 5) is 12.2. The monoisotopic (exact) mass is 248 g/mol.